The van der Waals surface area contributed by atoms with E-state index in [2.05, 4.69) is 11.8 Å². The number of Topliss-reactive ketones (excluding diaryl/α,β-unsaturated/α-hetero) is 1. The summed E-state index contributed by atoms with van der Waals surface area (Å²) in [5, 5.41) is 0. The molecular weight excluding hydrogens is 194 g/mol. The Morgan fingerprint density at radius 2 is 2.07 bits per heavy atom. The number of ether oxygens (including phenoxy) is 2. The van der Waals surface area contributed by atoms with E-state index in [0.29, 0.717) is 38.4 Å². The minimum Gasteiger partial charge on any atom is -0.378 e. The number of fused-ring (bicyclic) bond motifs is 2. The van der Waals surface area contributed by atoms with Gasteiger partial charge in [-0.1, -0.05) is 0 Å². The van der Waals surface area contributed by atoms with Gasteiger partial charge in [-0.2, -0.15) is 0 Å². The molecule has 2 rings (SSSR count). The molecule has 2 aliphatic rings. The molecule has 2 saturated heterocycles. The van der Waals surface area contributed by atoms with Gasteiger partial charge in [0.2, 0.25) is 0 Å². The van der Waals surface area contributed by atoms with Crippen molar-refractivity contribution in [3.8, 4) is 0 Å². The summed E-state index contributed by atoms with van der Waals surface area (Å²) in [7, 11) is 0. The van der Waals surface area contributed by atoms with Crippen LogP contribution in [0, 0.1) is 0 Å². The zero-order chi connectivity index (χ0) is 10.8. The highest BCUT2D eigenvalue weighted by Crippen LogP contribution is 2.27. The molecule has 0 aliphatic carbocycles. The minimum atomic E-state index is 0.0991. The van der Waals surface area contributed by atoms with Gasteiger partial charge in [0, 0.05) is 31.5 Å². The Labute approximate surface area is 90.5 Å². The number of ketones is 1. The van der Waals surface area contributed by atoms with Gasteiger partial charge in [-0.3, -0.25) is 9.69 Å². The van der Waals surface area contributed by atoms with Crippen molar-refractivity contribution < 1.29 is 14.3 Å². The van der Waals surface area contributed by atoms with Crippen LogP contribution in [0.4, 0.5) is 0 Å². The molecule has 3 unspecified atom stereocenters. The Bertz CT molecular complexity index is 228. The van der Waals surface area contributed by atoms with Crippen LogP contribution in [0.2, 0.25) is 0 Å². The SMILES string of the molecule is CCOC(C)N1C2COCC1CC(=O)C2. The van der Waals surface area contributed by atoms with Crippen molar-refractivity contribution in [2.45, 2.75) is 45.0 Å². The van der Waals surface area contributed by atoms with Crippen molar-refractivity contribution in [1.82, 2.24) is 4.90 Å². The van der Waals surface area contributed by atoms with E-state index in [1.165, 1.54) is 0 Å². The summed E-state index contributed by atoms with van der Waals surface area (Å²) in [5.41, 5.74) is 0. The van der Waals surface area contributed by atoms with Crippen LogP contribution in [0.3, 0.4) is 0 Å². The molecule has 15 heavy (non-hydrogen) atoms. The molecule has 0 aromatic carbocycles. The number of hydrogen-bond acceptors (Lipinski definition) is 4. The average Bonchev–Trinajstić information content (AvgIpc) is 2.16. The first-order chi connectivity index (χ1) is 7.22. The average molecular weight is 213 g/mol. The summed E-state index contributed by atoms with van der Waals surface area (Å²) in [4.78, 5) is 13.8. The Kier molecular flexibility index (Phi) is 3.38. The first kappa shape index (κ1) is 11.0. The largest absolute Gasteiger partial charge is 0.378 e. The Balaban J connectivity index is 2.06. The molecule has 0 aromatic heterocycles. The topological polar surface area (TPSA) is 38.8 Å². The Hall–Kier alpha value is -0.450. The number of nitrogens with zero attached hydrogens (tertiary/aromatic N) is 1. The van der Waals surface area contributed by atoms with E-state index in [1.54, 1.807) is 0 Å². The van der Waals surface area contributed by atoms with Crippen molar-refractivity contribution in [3.63, 3.8) is 0 Å². The maximum absolute atomic E-state index is 11.5. The second-order valence-electron chi connectivity index (χ2n) is 4.29. The molecule has 0 saturated carbocycles. The summed E-state index contributed by atoms with van der Waals surface area (Å²) >= 11 is 0. The predicted octanol–water partition coefficient (Wildman–Crippen LogP) is 0.801. The van der Waals surface area contributed by atoms with Gasteiger partial charge in [-0.25, -0.2) is 0 Å². The minimum absolute atomic E-state index is 0.0991. The standard InChI is InChI=1S/C11H19NO3/c1-3-15-8(2)12-9-4-11(13)5-10(12)7-14-6-9/h8-10H,3-7H2,1-2H3. The molecular formula is C11H19NO3. The van der Waals surface area contributed by atoms with Crippen molar-refractivity contribution in [2.24, 2.45) is 0 Å². The molecule has 0 spiro atoms. The lowest BCUT2D eigenvalue weighted by atomic mass is 9.93. The highest BCUT2D eigenvalue weighted by molar-refractivity contribution is 5.80. The lowest BCUT2D eigenvalue weighted by Gasteiger charge is -2.47. The van der Waals surface area contributed by atoms with Gasteiger partial charge in [0.1, 0.15) is 12.0 Å². The highest BCUT2D eigenvalue weighted by atomic mass is 16.5. The molecule has 0 radical (unpaired) electrons. The van der Waals surface area contributed by atoms with Crippen LogP contribution in [-0.4, -0.2) is 48.8 Å². The molecule has 3 atom stereocenters. The molecule has 4 heteroatoms. The van der Waals surface area contributed by atoms with Crippen LogP contribution in [0.1, 0.15) is 26.7 Å². The van der Waals surface area contributed by atoms with E-state index >= 15 is 0 Å². The lowest BCUT2D eigenvalue weighted by Crippen LogP contribution is -2.60. The zero-order valence-corrected chi connectivity index (χ0v) is 9.44. The molecule has 0 amide bonds. The zero-order valence-electron chi connectivity index (χ0n) is 9.44. The molecule has 0 aromatic rings. The van der Waals surface area contributed by atoms with E-state index in [9.17, 15) is 4.79 Å². The molecule has 86 valence electrons. The molecule has 0 N–H and O–H groups in total. The van der Waals surface area contributed by atoms with Crippen LogP contribution in [0.15, 0.2) is 0 Å². The fraction of sp³-hybridized carbons (Fsp3) is 0.909. The highest BCUT2D eigenvalue weighted by Gasteiger charge is 2.40. The van der Waals surface area contributed by atoms with Gasteiger partial charge >= 0.3 is 0 Å². The van der Waals surface area contributed by atoms with Gasteiger partial charge in [0.05, 0.1) is 13.2 Å². The van der Waals surface area contributed by atoms with Crippen LogP contribution in [0.25, 0.3) is 0 Å². The van der Waals surface area contributed by atoms with E-state index < -0.39 is 0 Å². The second-order valence-corrected chi connectivity index (χ2v) is 4.29. The lowest BCUT2D eigenvalue weighted by molar-refractivity contribution is -0.166. The summed E-state index contributed by atoms with van der Waals surface area (Å²) in [6.07, 6.45) is 1.34. The third-order valence-corrected chi connectivity index (χ3v) is 3.22. The third kappa shape index (κ3) is 2.22. The molecule has 2 bridgehead atoms. The Morgan fingerprint density at radius 1 is 1.47 bits per heavy atom. The first-order valence-corrected chi connectivity index (χ1v) is 5.71. The maximum atomic E-state index is 11.5. The van der Waals surface area contributed by atoms with Crippen molar-refractivity contribution >= 4 is 5.78 Å². The number of piperidine rings is 1. The number of rotatable bonds is 3. The molecule has 2 heterocycles. The van der Waals surface area contributed by atoms with Crippen molar-refractivity contribution in [1.29, 1.82) is 0 Å². The van der Waals surface area contributed by atoms with Gasteiger partial charge in [0.25, 0.3) is 0 Å². The van der Waals surface area contributed by atoms with Crippen LogP contribution in [0.5, 0.6) is 0 Å². The monoisotopic (exact) mass is 213 g/mol. The molecule has 4 nitrogen and oxygen atoms in total. The van der Waals surface area contributed by atoms with Gasteiger partial charge < -0.3 is 9.47 Å². The van der Waals surface area contributed by atoms with E-state index in [4.69, 9.17) is 9.47 Å². The normalized spacial score (nSPS) is 34.1. The van der Waals surface area contributed by atoms with Gasteiger partial charge in [0.15, 0.2) is 0 Å². The number of morpholine rings is 1. The summed E-state index contributed by atoms with van der Waals surface area (Å²) in [6, 6.07) is 0.457. The number of hydrogen-bond donors (Lipinski definition) is 0. The summed E-state index contributed by atoms with van der Waals surface area (Å²) in [5.74, 6) is 0.369. The van der Waals surface area contributed by atoms with Gasteiger partial charge in [-0.05, 0) is 13.8 Å². The van der Waals surface area contributed by atoms with E-state index in [1.807, 2.05) is 6.92 Å². The maximum Gasteiger partial charge on any atom is 0.136 e. The number of carbonyl (C=O) groups excluding carboxylic acids is 1. The predicted molar refractivity (Wildman–Crippen MR) is 55.6 cm³/mol. The Morgan fingerprint density at radius 3 is 2.60 bits per heavy atom. The number of carbonyl (C=O) groups is 1. The quantitative estimate of drug-likeness (QED) is 0.695. The second kappa shape index (κ2) is 4.60. The van der Waals surface area contributed by atoms with E-state index in [-0.39, 0.29) is 18.3 Å². The van der Waals surface area contributed by atoms with Crippen LogP contribution in [-0.2, 0) is 14.3 Å². The third-order valence-electron chi connectivity index (χ3n) is 3.22. The summed E-state index contributed by atoms with van der Waals surface area (Å²) in [6.45, 7) is 6.10. The first-order valence-electron chi connectivity index (χ1n) is 5.71. The van der Waals surface area contributed by atoms with E-state index in [0.717, 1.165) is 0 Å². The molecule has 2 aliphatic heterocycles. The van der Waals surface area contributed by atoms with Gasteiger partial charge in [-0.15, -0.1) is 0 Å². The van der Waals surface area contributed by atoms with Crippen molar-refractivity contribution in [2.75, 3.05) is 19.8 Å². The smallest absolute Gasteiger partial charge is 0.136 e. The van der Waals surface area contributed by atoms with Crippen LogP contribution < -0.4 is 0 Å². The van der Waals surface area contributed by atoms with Crippen LogP contribution >= 0.6 is 0 Å². The summed E-state index contributed by atoms with van der Waals surface area (Å²) < 4.78 is 11.1. The van der Waals surface area contributed by atoms with Crippen molar-refractivity contribution in [3.05, 3.63) is 0 Å². The fourth-order valence-corrected chi connectivity index (χ4v) is 2.67. The molecule has 2 fully saturated rings. The fourth-order valence-electron chi connectivity index (χ4n) is 2.67.